The molecule has 0 spiro atoms. The predicted octanol–water partition coefficient (Wildman–Crippen LogP) is 1.10. The molecule has 0 fully saturated rings. The average molecular weight is 251 g/mol. The molecular weight excluding hydrogens is 244 g/mol. The van der Waals surface area contributed by atoms with Crippen LogP contribution < -0.4 is 0 Å². The van der Waals surface area contributed by atoms with Crippen molar-refractivity contribution in [3.05, 3.63) is 12.2 Å². The van der Waals surface area contributed by atoms with Crippen LogP contribution in [0.4, 0.5) is 0 Å². The summed E-state index contributed by atoms with van der Waals surface area (Å²) in [5.74, 6) is 0. The Morgan fingerprint density at radius 1 is 2.00 bits per heavy atom. The van der Waals surface area contributed by atoms with Crippen LogP contribution in [0.3, 0.4) is 0 Å². The van der Waals surface area contributed by atoms with Crippen molar-refractivity contribution in [3.8, 4) is 0 Å². The quantitative estimate of drug-likeness (QED) is 0.645. The van der Waals surface area contributed by atoms with Gasteiger partial charge in [0.2, 0.25) is 0 Å². The van der Waals surface area contributed by atoms with E-state index < -0.39 is 0 Å². The topological polar surface area (TPSA) is 0 Å². The van der Waals surface area contributed by atoms with Gasteiger partial charge in [-0.15, -0.1) is 0 Å². The molecule has 0 aromatic heterocycles. The number of hydrogen-bond acceptors (Lipinski definition) is 0. The Morgan fingerprint density at radius 3 is 2.50 bits per heavy atom. The molecule has 0 saturated heterocycles. The summed E-state index contributed by atoms with van der Waals surface area (Å²) in [6.45, 7) is 7.23. The fourth-order valence-corrected chi connectivity index (χ4v) is 1.08. The van der Waals surface area contributed by atoms with E-state index in [4.69, 9.17) is 6.58 Å². The van der Waals surface area contributed by atoms with Gasteiger partial charge in [-0.2, -0.15) is 0 Å². The summed E-state index contributed by atoms with van der Waals surface area (Å²) in [6.07, 6.45) is 0.981. The van der Waals surface area contributed by atoms with E-state index in [1.165, 1.54) is 19.4 Å². The van der Waals surface area contributed by atoms with Gasteiger partial charge in [-0.1, -0.05) is 0 Å². The summed E-state index contributed by atoms with van der Waals surface area (Å²) in [5.41, 5.74) is 1.00. The Labute approximate surface area is 49.7 Å². The van der Waals surface area contributed by atoms with Crippen molar-refractivity contribution in [1.29, 1.82) is 0 Å². The van der Waals surface area contributed by atoms with E-state index in [0.717, 1.165) is 12.0 Å². The number of allylic oxidation sites excluding steroid dienone is 1. The Bertz CT molecular complexity index is 64.3. The van der Waals surface area contributed by atoms with Gasteiger partial charge in [0.25, 0.3) is 0 Å². The zero-order valence-corrected chi connectivity index (χ0v) is 6.70. The van der Waals surface area contributed by atoms with Gasteiger partial charge in [0, 0.05) is 0 Å². The average Bonchev–Trinajstić information content (AvgIpc) is 1.35. The first-order valence-electron chi connectivity index (χ1n) is 1.79. The third-order valence-corrected chi connectivity index (χ3v) is 1.00. The van der Waals surface area contributed by atoms with Crippen LogP contribution in [-0.4, -0.2) is 4.40 Å². The first-order valence-corrected chi connectivity index (χ1v) is 3.48. The van der Waals surface area contributed by atoms with E-state index in [-0.39, 0.29) is 0 Å². The van der Waals surface area contributed by atoms with Crippen LogP contribution >= 0.6 is 0 Å². The van der Waals surface area contributed by atoms with E-state index in [1.807, 2.05) is 6.92 Å². The van der Waals surface area contributed by atoms with Crippen molar-refractivity contribution in [3.63, 3.8) is 0 Å². The normalized spacial score (nSPS) is 7.50. The second-order valence-electron chi connectivity index (χ2n) is 1.22. The van der Waals surface area contributed by atoms with Gasteiger partial charge < -0.3 is 0 Å². The van der Waals surface area contributed by atoms with Gasteiger partial charge in [-0.25, -0.2) is 0 Å². The molecule has 0 aromatic rings. The van der Waals surface area contributed by atoms with Crippen LogP contribution in [0, 0.1) is 6.58 Å². The Balaban J connectivity index is 3.05. The summed E-state index contributed by atoms with van der Waals surface area (Å²) >= 11 is 1.50. The molecule has 0 aliphatic rings. The molecule has 0 radical (unpaired) electrons. The molecule has 0 aromatic carbocycles. The number of rotatable bonds is 2. The summed E-state index contributed by atoms with van der Waals surface area (Å²) in [4.78, 5) is 0. The summed E-state index contributed by atoms with van der Waals surface area (Å²) in [6, 6.07) is 0. The van der Waals surface area contributed by atoms with Crippen LogP contribution in [0.2, 0.25) is 0 Å². The van der Waals surface area contributed by atoms with E-state index in [1.54, 1.807) is 0 Å². The maximum atomic E-state index is 5.30. The van der Waals surface area contributed by atoms with E-state index in [2.05, 4.69) is 4.40 Å². The predicted molar refractivity (Wildman–Crippen MR) is 24.2 cm³/mol. The summed E-state index contributed by atoms with van der Waals surface area (Å²) < 4.78 is 2.12. The van der Waals surface area contributed by atoms with E-state index >= 15 is 0 Å². The molecular formula is C5H7W-. The molecule has 0 heterocycles. The molecule has 0 nitrogen and oxygen atoms in total. The molecule has 6 heavy (non-hydrogen) atoms. The van der Waals surface area contributed by atoms with Gasteiger partial charge in [0.1, 0.15) is 0 Å². The molecule has 0 aliphatic carbocycles. The van der Waals surface area contributed by atoms with E-state index in [0.29, 0.717) is 0 Å². The number of hydrogen-bond donors (Lipinski definition) is 0. The molecule has 1 heteroatoms. The monoisotopic (exact) mass is 251 g/mol. The molecule has 0 atom stereocenters. The minimum absolute atomic E-state index is 0.981. The van der Waals surface area contributed by atoms with Crippen LogP contribution in [0.5, 0.6) is 0 Å². The van der Waals surface area contributed by atoms with Gasteiger partial charge in [-0.3, -0.25) is 0 Å². The van der Waals surface area contributed by atoms with Crippen molar-refractivity contribution in [1.82, 2.24) is 0 Å². The first kappa shape index (κ1) is 6.30. The maximum absolute atomic E-state index is 5.30. The molecule has 0 aliphatic heterocycles. The van der Waals surface area contributed by atoms with Crippen LogP contribution in [-0.2, 0) is 19.4 Å². The van der Waals surface area contributed by atoms with Gasteiger partial charge in [0.15, 0.2) is 0 Å². The van der Waals surface area contributed by atoms with Crippen LogP contribution in [0.15, 0.2) is 5.57 Å². The molecule has 0 saturated carbocycles. The Hall–Kier alpha value is 0.298. The zero-order valence-electron chi connectivity index (χ0n) is 3.77. The fraction of sp³-hybridized carbons (Fsp3) is 0.400. The Kier molecular flexibility index (Phi) is 3.66. The van der Waals surface area contributed by atoms with E-state index in [9.17, 15) is 0 Å². The SMILES string of the molecule is [CH-]=C(C)C[CH]=[W]. The second-order valence-corrected chi connectivity index (χ2v) is 2.41. The van der Waals surface area contributed by atoms with Crippen molar-refractivity contribution >= 4 is 4.40 Å². The molecule has 34 valence electrons. The van der Waals surface area contributed by atoms with Gasteiger partial charge in [-0.05, 0) is 0 Å². The van der Waals surface area contributed by atoms with Crippen molar-refractivity contribution in [2.75, 3.05) is 0 Å². The summed E-state index contributed by atoms with van der Waals surface area (Å²) in [5, 5.41) is 0. The Morgan fingerprint density at radius 2 is 2.50 bits per heavy atom. The van der Waals surface area contributed by atoms with Gasteiger partial charge in [0.05, 0.1) is 0 Å². The molecule has 0 unspecified atom stereocenters. The third kappa shape index (κ3) is 4.30. The van der Waals surface area contributed by atoms with Crippen molar-refractivity contribution in [2.45, 2.75) is 13.3 Å². The van der Waals surface area contributed by atoms with Crippen molar-refractivity contribution < 1.29 is 19.4 Å². The molecule has 0 N–H and O–H groups in total. The molecule has 0 rings (SSSR count). The second kappa shape index (κ2) is 3.49. The zero-order chi connectivity index (χ0) is 4.99. The molecule has 0 bridgehead atoms. The summed E-state index contributed by atoms with van der Waals surface area (Å²) in [7, 11) is 0. The van der Waals surface area contributed by atoms with Crippen LogP contribution in [0.1, 0.15) is 13.3 Å². The first-order chi connectivity index (χ1) is 2.77. The third-order valence-electron chi connectivity index (χ3n) is 0.405. The standard InChI is InChI=1S/C5H7.W/c1-4-5(2)3;/h1-2H,4H2,3H3;/q-1;. The van der Waals surface area contributed by atoms with Crippen molar-refractivity contribution in [2.24, 2.45) is 0 Å². The molecule has 0 amide bonds. The minimum atomic E-state index is 0.981. The van der Waals surface area contributed by atoms with Crippen LogP contribution in [0.25, 0.3) is 0 Å². The fourth-order valence-electron chi connectivity index (χ4n) is 0.131. The van der Waals surface area contributed by atoms with Gasteiger partial charge >= 0.3 is 49.3 Å².